The third-order valence-electron chi connectivity index (χ3n) is 1.69. The number of amides is 2. The number of benzene rings is 1. The average molecular weight is 258 g/mol. The summed E-state index contributed by atoms with van der Waals surface area (Å²) in [6, 6.07) is 9.12. The van der Waals surface area contributed by atoms with Crippen LogP contribution in [0.4, 0.5) is 4.79 Å². The SMILES string of the molecule is O=C(CCl)NC(=O)OCCOc1ccccc1. The molecule has 0 aliphatic rings. The number of alkyl carbamates (subject to hydrolysis) is 1. The summed E-state index contributed by atoms with van der Waals surface area (Å²) < 4.78 is 9.95. The zero-order chi connectivity index (χ0) is 12.5. The normalized spacial score (nSPS) is 9.47. The van der Waals surface area contributed by atoms with Gasteiger partial charge in [0.25, 0.3) is 0 Å². The molecule has 0 spiro atoms. The van der Waals surface area contributed by atoms with Gasteiger partial charge in [-0.15, -0.1) is 11.6 Å². The highest BCUT2D eigenvalue weighted by atomic mass is 35.5. The predicted octanol–water partition coefficient (Wildman–Crippen LogP) is 1.56. The van der Waals surface area contributed by atoms with E-state index in [0.717, 1.165) is 0 Å². The van der Waals surface area contributed by atoms with E-state index in [4.69, 9.17) is 16.3 Å². The number of halogens is 1. The predicted molar refractivity (Wildman–Crippen MR) is 62.1 cm³/mol. The van der Waals surface area contributed by atoms with Gasteiger partial charge in [0.1, 0.15) is 24.8 Å². The van der Waals surface area contributed by atoms with Crippen molar-refractivity contribution in [1.29, 1.82) is 0 Å². The van der Waals surface area contributed by atoms with Crippen LogP contribution in [0.15, 0.2) is 30.3 Å². The van der Waals surface area contributed by atoms with Crippen LogP contribution in [0.25, 0.3) is 0 Å². The van der Waals surface area contributed by atoms with Gasteiger partial charge in [0, 0.05) is 0 Å². The quantitative estimate of drug-likeness (QED) is 0.642. The lowest BCUT2D eigenvalue weighted by molar-refractivity contribution is -0.118. The van der Waals surface area contributed by atoms with E-state index in [1.54, 1.807) is 12.1 Å². The lowest BCUT2D eigenvalue weighted by Crippen LogP contribution is -2.32. The Morgan fingerprint density at radius 2 is 1.88 bits per heavy atom. The molecule has 0 atom stereocenters. The first-order chi connectivity index (χ1) is 8.22. The van der Waals surface area contributed by atoms with Crippen molar-refractivity contribution < 1.29 is 19.1 Å². The molecular formula is C11H12ClNO4. The highest BCUT2D eigenvalue weighted by Crippen LogP contribution is 2.07. The van der Waals surface area contributed by atoms with Gasteiger partial charge in [0.15, 0.2) is 0 Å². The summed E-state index contributed by atoms with van der Waals surface area (Å²) in [7, 11) is 0. The zero-order valence-corrected chi connectivity index (χ0v) is 9.77. The van der Waals surface area contributed by atoms with E-state index in [9.17, 15) is 9.59 Å². The van der Waals surface area contributed by atoms with Crippen molar-refractivity contribution >= 4 is 23.6 Å². The Morgan fingerprint density at radius 1 is 1.18 bits per heavy atom. The Bertz CT molecular complexity index is 369. The third-order valence-corrected chi connectivity index (χ3v) is 1.93. The molecule has 1 aromatic carbocycles. The van der Waals surface area contributed by atoms with Crippen molar-refractivity contribution in [3.63, 3.8) is 0 Å². The van der Waals surface area contributed by atoms with Gasteiger partial charge in [0.05, 0.1) is 0 Å². The largest absolute Gasteiger partial charge is 0.490 e. The molecule has 0 saturated heterocycles. The lowest BCUT2D eigenvalue weighted by atomic mass is 10.3. The molecule has 17 heavy (non-hydrogen) atoms. The number of ether oxygens (including phenoxy) is 2. The maximum Gasteiger partial charge on any atom is 0.413 e. The molecule has 0 fully saturated rings. The highest BCUT2D eigenvalue weighted by molar-refractivity contribution is 6.28. The first kappa shape index (κ1) is 13.3. The molecular weight excluding hydrogens is 246 g/mol. The minimum Gasteiger partial charge on any atom is -0.490 e. The summed E-state index contributed by atoms with van der Waals surface area (Å²) in [6.45, 7) is 0.267. The van der Waals surface area contributed by atoms with Crippen LogP contribution < -0.4 is 10.1 Å². The van der Waals surface area contributed by atoms with E-state index in [0.29, 0.717) is 5.75 Å². The monoisotopic (exact) mass is 257 g/mol. The summed E-state index contributed by atoms with van der Waals surface area (Å²) >= 11 is 5.19. The summed E-state index contributed by atoms with van der Waals surface area (Å²) in [5.41, 5.74) is 0. The number of rotatable bonds is 5. The second-order valence-electron chi connectivity index (χ2n) is 2.98. The van der Waals surface area contributed by atoms with E-state index in [1.165, 1.54) is 0 Å². The van der Waals surface area contributed by atoms with Crippen LogP contribution in [0.1, 0.15) is 0 Å². The summed E-state index contributed by atoms with van der Waals surface area (Å²) in [5.74, 6) is -0.190. The van der Waals surface area contributed by atoms with Crippen LogP contribution in [0.2, 0.25) is 0 Å². The summed E-state index contributed by atoms with van der Waals surface area (Å²) in [5, 5.41) is 1.94. The Morgan fingerprint density at radius 3 is 2.53 bits per heavy atom. The van der Waals surface area contributed by atoms with E-state index < -0.39 is 12.0 Å². The van der Waals surface area contributed by atoms with Crippen LogP contribution >= 0.6 is 11.6 Å². The Kier molecular flexibility index (Phi) is 5.88. The maximum absolute atomic E-state index is 11.0. The summed E-state index contributed by atoms with van der Waals surface area (Å²) in [4.78, 5) is 21.7. The van der Waals surface area contributed by atoms with Gasteiger partial charge in [-0.2, -0.15) is 0 Å². The minimum absolute atomic E-state index is 0.0519. The molecule has 6 heteroatoms. The van der Waals surface area contributed by atoms with Crippen LogP contribution in [-0.4, -0.2) is 31.1 Å². The van der Waals surface area contributed by atoms with E-state index >= 15 is 0 Å². The summed E-state index contributed by atoms with van der Waals surface area (Å²) in [6.07, 6.45) is -0.827. The molecule has 0 saturated carbocycles. The fraction of sp³-hybridized carbons (Fsp3) is 0.273. The molecule has 0 radical (unpaired) electrons. The van der Waals surface area contributed by atoms with Crippen molar-refractivity contribution in [2.45, 2.75) is 0 Å². The van der Waals surface area contributed by atoms with Crippen LogP contribution in [0.3, 0.4) is 0 Å². The maximum atomic E-state index is 11.0. The zero-order valence-electron chi connectivity index (χ0n) is 9.02. The number of imide groups is 1. The Balaban J connectivity index is 2.12. The molecule has 0 aromatic heterocycles. The van der Waals surface area contributed by atoms with Crippen LogP contribution in [0.5, 0.6) is 5.75 Å². The highest BCUT2D eigenvalue weighted by Gasteiger charge is 2.06. The first-order valence-corrected chi connectivity index (χ1v) is 5.46. The van der Waals surface area contributed by atoms with Crippen molar-refractivity contribution in [1.82, 2.24) is 5.32 Å². The molecule has 2 amide bonds. The number of alkyl halides is 1. The van der Waals surface area contributed by atoms with Crippen molar-refractivity contribution in [3.05, 3.63) is 30.3 Å². The molecule has 0 heterocycles. The van der Waals surface area contributed by atoms with Gasteiger partial charge in [-0.1, -0.05) is 18.2 Å². The average Bonchev–Trinajstić information content (AvgIpc) is 2.36. The van der Waals surface area contributed by atoms with E-state index in [2.05, 4.69) is 4.74 Å². The third kappa shape index (κ3) is 5.77. The fourth-order valence-corrected chi connectivity index (χ4v) is 1.06. The second-order valence-corrected chi connectivity index (χ2v) is 3.25. The Labute approximate surface area is 104 Å². The van der Waals surface area contributed by atoms with Gasteiger partial charge in [-0.3, -0.25) is 10.1 Å². The van der Waals surface area contributed by atoms with Crippen molar-refractivity contribution in [3.8, 4) is 5.75 Å². The van der Waals surface area contributed by atoms with Gasteiger partial charge >= 0.3 is 6.09 Å². The number of nitrogens with one attached hydrogen (secondary N) is 1. The molecule has 5 nitrogen and oxygen atoms in total. The van der Waals surface area contributed by atoms with Crippen LogP contribution in [0, 0.1) is 0 Å². The topological polar surface area (TPSA) is 64.6 Å². The van der Waals surface area contributed by atoms with Gasteiger partial charge in [-0.25, -0.2) is 4.79 Å². The number of hydrogen-bond donors (Lipinski definition) is 1. The molecule has 0 aliphatic carbocycles. The molecule has 1 aromatic rings. The number of carbonyl (C=O) groups is 2. The molecule has 0 aliphatic heterocycles. The number of para-hydroxylation sites is 1. The van der Waals surface area contributed by atoms with Gasteiger partial charge in [0.2, 0.25) is 5.91 Å². The lowest BCUT2D eigenvalue weighted by Gasteiger charge is -2.07. The first-order valence-electron chi connectivity index (χ1n) is 4.93. The molecule has 1 N–H and O–H groups in total. The smallest absolute Gasteiger partial charge is 0.413 e. The number of carbonyl (C=O) groups excluding carboxylic acids is 2. The molecule has 0 unspecified atom stereocenters. The molecule has 1 rings (SSSR count). The van der Waals surface area contributed by atoms with Crippen molar-refractivity contribution in [2.24, 2.45) is 0 Å². The fourth-order valence-electron chi connectivity index (χ4n) is 0.994. The molecule has 92 valence electrons. The molecule has 0 bridgehead atoms. The van der Waals surface area contributed by atoms with Gasteiger partial charge < -0.3 is 9.47 Å². The van der Waals surface area contributed by atoms with Crippen LogP contribution in [-0.2, 0) is 9.53 Å². The number of hydrogen-bond acceptors (Lipinski definition) is 4. The van der Waals surface area contributed by atoms with Gasteiger partial charge in [-0.05, 0) is 12.1 Å². The van der Waals surface area contributed by atoms with E-state index in [1.807, 2.05) is 23.5 Å². The van der Waals surface area contributed by atoms with E-state index in [-0.39, 0.29) is 19.1 Å². The van der Waals surface area contributed by atoms with Crippen molar-refractivity contribution in [2.75, 3.05) is 19.1 Å². The second kappa shape index (κ2) is 7.51. The standard InChI is InChI=1S/C11H12ClNO4/c12-8-10(14)13-11(15)17-7-6-16-9-4-2-1-3-5-9/h1-5H,6-8H2,(H,13,14,15). The Hall–Kier alpha value is -1.75. The minimum atomic E-state index is -0.827.